The normalized spacial score (nSPS) is 17.2. The van der Waals surface area contributed by atoms with E-state index in [-0.39, 0.29) is 30.1 Å². The number of ketones is 1. The number of rotatable bonds is 4. The number of carbonyl (C=O) groups is 2. The second-order valence-electron chi connectivity index (χ2n) is 8.73. The Morgan fingerprint density at radius 3 is 2.58 bits per heavy atom. The van der Waals surface area contributed by atoms with Crippen molar-refractivity contribution >= 4 is 11.7 Å². The van der Waals surface area contributed by atoms with E-state index in [1.807, 2.05) is 29.2 Å². The maximum Gasteiger partial charge on any atom is 0.253 e. The summed E-state index contributed by atoms with van der Waals surface area (Å²) in [5.41, 5.74) is 3.19. The van der Waals surface area contributed by atoms with Gasteiger partial charge in [0, 0.05) is 36.6 Å². The lowest BCUT2D eigenvalue weighted by atomic mass is 9.78. The van der Waals surface area contributed by atoms with Gasteiger partial charge in [-0.2, -0.15) is 4.39 Å². The molecule has 1 saturated heterocycles. The summed E-state index contributed by atoms with van der Waals surface area (Å²) in [5.74, 6) is 0.417. The number of pyridine rings is 1. The number of likely N-dealkylation sites (tertiary alicyclic amines) is 1. The lowest BCUT2D eigenvalue weighted by molar-refractivity contribution is -0.121. The van der Waals surface area contributed by atoms with E-state index in [1.165, 1.54) is 6.07 Å². The van der Waals surface area contributed by atoms with Crippen LogP contribution in [-0.4, -0.2) is 41.3 Å². The van der Waals surface area contributed by atoms with Crippen molar-refractivity contribution in [2.75, 3.05) is 19.7 Å². The Bertz CT molecular complexity index is 1170. The molecule has 0 unspecified atom stereocenters. The summed E-state index contributed by atoms with van der Waals surface area (Å²) in [6.07, 6.45) is 1.91. The van der Waals surface area contributed by atoms with Gasteiger partial charge in [0.2, 0.25) is 5.95 Å². The number of hydrogen-bond donors (Lipinski definition) is 0. The van der Waals surface area contributed by atoms with Crippen LogP contribution in [0.15, 0.2) is 66.7 Å². The maximum atomic E-state index is 13.9. The summed E-state index contributed by atoms with van der Waals surface area (Å²) >= 11 is 0. The first-order valence-electron chi connectivity index (χ1n) is 11.3. The Labute approximate surface area is 192 Å². The standard InChI is InChI=1S/C27H25FN2O3/c28-25-8-4-7-23(29-25)26(18-5-2-1-3-6-18)19-11-13-30(14-12-19)27(32)20-9-10-24-21(15-20)16-22(31)17-33-24/h1-10,15,19,26H,11-14,16-17H2/t26-/m1/s1. The number of benzene rings is 2. The van der Waals surface area contributed by atoms with E-state index in [0.717, 1.165) is 29.7 Å². The van der Waals surface area contributed by atoms with Crippen LogP contribution in [0.4, 0.5) is 4.39 Å². The van der Waals surface area contributed by atoms with Crippen LogP contribution in [0.2, 0.25) is 0 Å². The van der Waals surface area contributed by atoms with Crippen molar-refractivity contribution in [3.05, 3.63) is 95.1 Å². The van der Waals surface area contributed by atoms with Gasteiger partial charge in [0.15, 0.2) is 5.78 Å². The van der Waals surface area contributed by atoms with Gasteiger partial charge in [-0.3, -0.25) is 9.59 Å². The molecule has 6 heteroatoms. The Balaban J connectivity index is 1.32. The lowest BCUT2D eigenvalue weighted by Gasteiger charge is -2.36. The van der Waals surface area contributed by atoms with Crippen LogP contribution < -0.4 is 4.74 Å². The first-order chi connectivity index (χ1) is 16.1. The van der Waals surface area contributed by atoms with Crippen molar-refractivity contribution in [2.45, 2.75) is 25.2 Å². The highest BCUT2D eigenvalue weighted by atomic mass is 19.1. The fourth-order valence-corrected chi connectivity index (χ4v) is 4.97. The molecule has 0 spiro atoms. The van der Waals surface area contributed by atoms with Gasteiger partial charge in [0.25, 0.3) is 5.91 Å². The molecule has 0 bridgehead atoms. The predicted octanol–water partition coefficient (Wildman–Crippen LogP) is 4.41. The van der Waals surface area contributed by atoms with E-state index in [4.69, 9.17) is 4.74 Å². The average Bonchev–Trinajstić information content (AvgIpc) is 2.84. The molecule has 0 N–H and O–H groups in total. The molecule has 0 aliphatic carbocycles. The number of carbonyl (C=O) groups excluding carboxylic acids is 2. The topological polar surface area (TPSA) is 59.5 Å². The van der Waals surface area contributed by atoms with Gasteiger partial charge >= 0.3 is 0 Å². The fourth-order valence-electron chi connectivity index (χ4n) is 4.97. The van der Waals surface area contributed by atoms with Crippen molar-refractivity contribution in [1.29, 1.82) is 0 Å². The van der Waals surface area contributed by atoms with Gasteiger partial charge in [-0.15, -0.1) is 0 Å². The summed E-state index contributed by atoms with van der Waals surface area (Å²) in [5, 5.41) is 0. The number of halogens is 1. The number of amides is 1. The number of hydrogen-bond acceptors (Lipinski definition) is 4. The zero-order valence-electron chi connectivity index (χ0n) is 18.2. The van der Waals surface area contributed by atoms with Gasteiger partial charge in [0.1, 0.15) is 12.4 Å². The van der Waals surface area contributed by atoms with Gasteiger partial charge in [-0.25, -0.2) is 4.98 Å². The SMILES string of the molecule is O=C1COc2ccc(C(=O)N3CCC([C@@H](c4ccccc4)c4cccc(F)n4)CC3)cc2C1. The molecular formula is C27H25FN2O3. The van der Waals surface area contributed by atoms with Crippen molar-refractivity contribution in [3.8, 4) is 5.75 Å². The van der Waals surface area contributed by atoms with Gasteiger partial charge in [-0.05, 0) is 54.7 Å². The molecule has 33 heavy (non-hydrogen) atoms. The Morgan fingerprint density at radius 1 is 1.03 bits per heavy atom. The monoisotopic (exact) mass is 444 g/mol. The van der Waals surface area contributed by atoms with E-state index in [0.29, 0.717) is 30.8 Å². The predicted molar refractivity (Wildman–Crippen MR) is 122 cm³/mol. The molecule has 5 nitrogen and oxygen atoms in total. The van der Waals surface area contributed by atoms with Crippen LogP contribution in [0.3, 0.4) is 0 Å². The summed E-state index contributed by atoms with van der Waals surface area (Å²) in [7, 11) is 0. The molecule has 0 saturated carbocycles. The molecule has 5 rings (SSSR count). The molecule has 2 aromatic carbocycles. The second-order valence-corrected chi connectivity index (χ2v) is 8.73. The Morgan fingerprint density at radius 2 is 1.82 bits per heavy atom. The first kappa shape index (κ1) is 21.3. The highest BCUT2D eigenvalue weighted by Gasteiger charge is 2.32. The Hall–Kier alpha value is -3.54. The van der Waals surface area contributed by atoms with Crippen molar-refractivity contribution in [2.24, 2.45) is 5.92 Å². The molecule has 1 atom stereocenters. The van der Waals surface area contributed by atoms with Gasteiger partial charge in [0.05, 0.1) is 5.69 Å². The third-order valence-electron chi connectivity index (χ3n) is 6.60. The van der Waals surface area contributed by atoms with Crippen LogP contribution in [0.5, 0.6) is 5.75 Å². The van der Waals surface area contributed by atoms with Crippen LogP contribution in [0.1, 0.15) is 45.9 Å². The third-order valence-corrected chi connectivity index (χ3v) is 6.60. The molecule has 168 valence electrons. The molecule has 0 radical (unpaired) electrons. The molecule has 1 aromatic heterocycles. The van der Waals surface area contributed by atoms with Gasteiger partial charge in [-0.1, -0.05) is 36.4 Å². The molecule has 1 fully saturated rings. The fraction of sp³-hybridized carbons (Fsp3) is 0.296. The van der Waals surface area contributed by atoms with Crippen LogP contribution >= 0.6 is 0 Å². The number of fused-ring (bicyclic) bond motifs is 1. The maximum absolute atomic E-state index is 13.9. The summed E-state index contributed by atoms with van der Waals surface area (Å²) < 4.78 is 19.4. The highest BCUT2D eigenvalue weighted by molar-refractivity contribution is 5.95. The van der Waals surface area contributed by atoms with E-state index >= 15 is 0 Å². The quantitative estimate of drug-likeness (QED) is 0.560. The number of nitrogens with zero attached hydrogens (tertiary/aromatic N) is 2. The minimum Gasteiger partial charge on any atom is -0.486 e. The smallest absolute Gasteiger partial charge is 0.253 e. The summed E-state index contributed by atoms with van der Waals surface area (Å²) in [6.45, 7) is 1.33. The molecule has 2 aliphatic rings. The van der Waals surface area contributed by atoms with E-state index in [2.05, 4.69) is 17.1 Å². The number of ether oxygens (including phenoxy) is 1. The minimum atomic E-state index is -0.476. The zero-order chi connectivity index (χ0) is 22.8. The van der Waals surface area contributed by atoms with Crippen LogP contribution in [0.25, 0.3) is 0 Å². The summed E-state index contributed by atoms with van der Waals surface area (Å²) in [6, 6.07) is 20.4. The molecule has 2 aliphatic heterocycles. The zero-order valence-corrected chi connectivity index (χ0v) is 18.2. The Kier molecular flexibility index (Phi) is 5.90. The highest BCUT2D eigenvalue weighted by Crippen LogP contribution is 2.37. The second kappa shape index (κ2) is 9.14. The molecule has 3 heterocycles. The first-order valence-corrected chi connectivity index (χ1v) is 11.3. The lowest BCUT2D eigenvalue weighted by Crippen LogP contribution is -2.40. The molecular weight excluding hydrogens is 419 g/mol. The van der Waals surface area contributed by atoms with Gasteiger partial charge < -0.3 is 9.64 Å². The van der Waals surface area contributed by atoms with Crippen LogP contribution in [-0.2, 0) is 11.2 Å². The minimum absolute atomic E-state index is 0.0193. The third kappa shape index (κ3) is 4.51. The molecule has 3 aromatic rings. The number of aromatic nitrogens is 1. The van der Waals surface area contributed by atoms with Crippen LogP contribution in [0, 0.1) is 11.9 Å². The largest absolute Gasteiger partial charge is 0.486 e. The van der Waals surface area contributed by atoms with Crippen molar-refractivity contribution in [3.63, 3.8) is 0 Å². The average molecular weight is 445 g/mol. The summed E-state index contributed by atoms with van der Waals surface area (Å²) in [4.78, 5) is 30.9. The van der Waals surface area contributed by atoms with Crippen molar-refractivity contribution in [1.82, 2.24) is 9.88 Å². The number of Topliss-reactive ketones (excluding diaryl/α,β-unsaturated/α-hetero) is 1. The van der Waals surface area contributed by atoms with E-state index in [1.54, 1.807) is 24.3 Å². The number of piperidine rings is 1. The molecule has 1 amide bonds. The van der Waals surface area contributed by atoms with Crippen molar-refractivity contribution < 1.29 is 18.7 Å². The van der Waals surface area contributed by atoms with E-state index < -0.39 is 5.95 Å². The van der Waals surface area contributed by atoms with E-state index in [9.17, 15) is 14.0 Å².